The molecule has 2 aliphatic carbocycles. The molecule has 1 aromatic heterocycles. The lowest BCUT2D eigenvalue weighted by Gasteiger charge is -2.28. The summed E-state index contributed by atoms with van der Waals surface area (Å²) in [6.07, 6.45) is 8.97. The first kappa shape index (κ1) is 25.8. The number of amides is 1. The molecular formula is C27H28ClFN2O5. The number of carbonyl (C=O) groups excluding carboxylic acids is 3. The Hall–Kier alpha value is -3.26. The summed E-state index contributed by atoms with van der Waals surface area (Å²) in [6.45, 7) is -0.0275. The Morgan fingerprint density at radius 2 is 1.81 bits per heavy atom. The Morgan fingerprint density at radius 3 is 2.47 bits per heavy atom. The zero-order valence-electron chi connectivity index (χ0n) is 20.1. The lowest BCUT2D eigenvalue weighted by molar-refractivity contribution is -0.144. The SMILES string of the molecule is COC(=O)c1cc(N(Cc2cccnc2)C(=O)C2=C(C(=O)OC3CCCC3)CCCC2)c(F)cc1Cl. The van der Waals surface area contributed by atoms with Crippen molar-refractivity contribution >= 4 is 35.1 Å². The molecule has 1 aromatic carbocycles. The second-order valence-electron chi connectivity index (χ2n) is 9.00. The summed E-state index contributed by atoms with van der Waals surface area (Å²) in [5.74, 6) is -2.53. The minimum atomic E-state index is -0.781. The van der Waals surface area contributed by atoms with E-state index in [1.807, 2.05) is 0 Å². The number of ether oxygens (including phenoxy) is 2. The zero-order chi connectivity index (χ0) is 25.7. The molecule has 190 valence electrons. The van der Waals surface area contributed by atoms with Crippen LogP contribution in [0, 0.1) is 5.82 Å². The second kappa shape index (κ2) is 11.6. The number of hydrogen-bond donors (Lipinski definition) is 0. The fourth-order valence-corrected chi connectivity index (χ4v) is 4.94. The molecule has 0 spiro atoms. The van der Waals surface area contributed by atoms with Gasteiger partial charge in [0.15, 0.2) is 0 Å². The number of hydrogen-bond acceptors (Lipinski definition) is 6. The maximum atomic E-state index is 15.3. The van der Waals surface area contributed by atoms with Gasteiger partial charge in [-0.25, -0.2) is 14.0 Å². The quantitative estimate of drug-likeness (QED) is 0.450. The van der Waals surface area contributed by atoms with Crippen molar-refractivity contribution in [2.45, 2.75) is 64.0 Å². The normalized spacial score (nSPS) is 16.1. The zero-order valence-corrected chi connectivity index (χ0v) is 20.9. The van der Waals surface area contributed by atoms with Gasteiger partial charge in [-0.2, -0.15) is 0 Å². The number of benzene rings is 1. The van der Waals surface area contributed by atoms with Gasteiger partial charge in [0.1, 0.15) is 11.9 Å². The highest BCUT2D eigenvalue weighted by Crippen LogP contribution is 2.34. The monoisotopic (exact) mass is 514 g/mol. The Labute approximate surface area is 214 Å². The van der Waals surface area contributed by atoms with Gasteiger partial charge in [-0.3, -0.25) is 9.78 Å². The molecular weight excluding hydrogens is 487 g/mol. The Balaban J connectivity index is 1.76. The summed E-state index contributed by atoms with van der Waals surface area (Å²) in [5, 5.41) is -0.130. The van der Waals surface area contributed by atoms with Crippen LogP contribution >= 0.6 is 11.6 Å². The van der Waals surface area contributed by atoms with Crippen LogP contribution in [-0.2, 0) is 25.6 Å². The molecule has 0 radical (unpaired) electrons. The minimum Gasteiger partial charge on any atom is -0.465 e. The minimum absolute atomic E-state index is 0.0275. The van der Waals surface area contributed by atoms with Gasteiger partial charge in [-0.15, -0.1) is 0 Å². The topological polar surface area (TPSA) is 85.8 Å². The largest absolute Gasteiger partial charge is 0.465 e. The van der Waals surface area contributed by atoms with Crippen molar-refractivity contribution in [3.8, 4) is 0 Å². The Kier molecular flexibility index (Phi) is 8.36. The van der Waals surface area contributed by atoms with Gasteiger partial charge in [0.05, 0.1) is 29.9 Å². The average molecular weight is 515 g/mol. The third-order valence-electron chi connectivity index (χ3n) is 6.59. The maximum absolute atomic E-state index is 15.3. The summed E-state index contributed by atoms with van der Waals surface area (Å²) in [5.41, 5.74) is 1.08. The van der Waals surface area contributed by atoms with Crippen LogP contribution in [0.1, 0.15) is 67.3 Å². The van der Waals surface area contributed by atoms with Crippen LogP contribution in [0.3, 0.4) is 0 Å². The van der Waals surface area contributed by atoms with Gasteiger partial charge < -0.3 is 14.4 Å². The van der Waals surface area contributed by atoms with Crippen LogP contribution in [0.4, 0.5) is 10.1 Å². The van der Waals surface area contributed by atoms with Crippen LogP contribution < -0.4 is 4.90 Å². The molecule has 4 rings (SSSR count). The molecule has 2 aromatic rings. The summed E-state index contributed by atoms with van der Waals surface area (Å²) in [4.78, 5) is 44.6. The van der Waals surface area contributed by atoms with Crippen molar-refractivity contribution in [1.29, 1.82) is 0 Å². The Bertz CT molecular complexity index is 1180. The van der Waals surface area contributed by atoms with E-state index in [4.69, 9.17) is 21.1 Å². The van der Waals surface area contributed by atoms with Gasteiger partial charge in [0, 0.05) is 23.5 Å². The third kappa shape index (κ3) is 5.75. The van der Waals surface area contributed by atoms with Gasteiger partial charge in [0.25, 0.3) is 5.91 Å². The highest BCUT2D eigenvalue weighted by molar-refractivity contribution is 6.33. The number of anilines is 1. The van der Waals surface area contributed by atoms with Crippen molar-refractivity contribution in [2.24, 2.45) is 0 Å². The molecule has 1 fully saturated rings. The number of rotatable bonds is 7. The van der Waals surface area contributed by atoms with Crippen LogP contribution in [0.2, 0.25) is 5.02 Å². The van der Waals surface area contributed by atoms with E-state index in [2.05, 4.69) is 4.98 Å². The van der Waals surface area contributed by atoms with Crippen molar-refractivity contribution < 1.29 is 28.2 Å². The smallest absolute Gasteiger partial charge is 0.339 e. The summed E-state index contributed by atoms with van der Waals surface area (Å²) in [6, 6.07) is 5.65. The predicted octanol–water partition coefficient (Wildman–Crippen LogP) is 5.55. The van der Waals surface area contributed by atoms with Crippen molar-refractivity contribution in [3.63, 3.8) is 0 Å². The van der Waals surface area contributed by atoms with Crippen molar-refractivity contribution in [2.75, 3.05) is 12.0 Å². The molecule has 36 heavy (non-hydrogen) atoms. The summed E-state index contributed by atoms with van der Waals surface area (Å²) < 4.78 is 25.7. The molecule has 0 unspecified atom stereocenters. The molecule has 0 atom stereocenters. The first-order valence-corrected chi connectivity index (χ1v) is 12.5. The van der Waals surface area contributed by atoms with E-state index in [1.54, 1.807) is 24.5 Å². The molecule has 7 nitrogen and oxygen atoms in total. The molecule has 2 aliphatic rings. The number of pyridine rings is 1. The highest BCUT2D eigenvalue weighted by atomic mass is 35.5. The Morgan fingerprint density at radius 1 is 1.08 bits per heavy atom. The maximum Gasteiger partial charge on any atom is 0.339 e. The molecule has 0 bridgehead atoms. The number of esters is 2. The average Bonchev–Trinajstić information content (AvgIpc) is 3.40. The molecule has 0 aliphatic heterocycles. The standard InChI is InChI=1S/C27H28ClFN2O5/c1-35-26(33)21-13-24(23(29)14-22(21)28)31(16-17-7-6-12-30-15-17)25(32)19-10-4-5-11-20(19)27(34)36-18-8-2-3-9-18/h6-7,12-15,18H,2-5,8-11,16H2,1H3. The van der Waals surface area contributed by atoms with E-state index in [0.717, 1.165) is 44.6 Å². The lowest BCUT2D eigenvalue weighted by Crippen LogP contribution is -2.35. The number of aromatic nitrogens is 1. The fraction of sp³-hybridized carbons (Fsp3) is 0.407. The summed E-state index contributed by atoms with van der Waals surface area (Å²) >= 11 is 6.09. The van der Waals surface area contributed by atoms with Crippen LogP contribution in [0.5, 0.6) is 0 Å². The van der Waals surface area contributed by atoms with E-state index in [1.165, 1.54) is 18.1 Å². The molecule has 9 heteroatoms. The fourth-order valence-electron chi connectivity index (χ4n) is 4.71. The first-order valence-electron chi connectivity index (χ1n) is 12.1. The molecule has 0 saturated heterocycles. The van der Waals surface area contributed by atoms with Gasteiger partial charge in [0.2, 0.25) is 0 Å². The van der Waals surface area contributed by atoms with Gasteiger partial charge in [-0.1, -0.05) is 17.7 Å². The lowest BCUT2D eigenvalue weighted by atomic mass is 9.90. The van der Waals surface area contributed by atoms with Gasteiger partial charge in [-0.05, 0) is 75.1 Å². The molecule has 1 saturated carbocycles. The summed E-state index contributed by atoms with van der Waals surface area (Å²) in [7, 11) is 1.19. The van der Waals surface area contributed by atoms with E-state index in [0.29, 0.717) is 29.6 Å². The number of nitrogens with zero attached hydrogens (tertiary/aromatic N) is 2. The highest BCUT2D eigenvalue weighted by Gasteiger charge is 2.32. The van der Waals surface area contributed by atoms with E-state index in [-0.39, 0.29) is 28.9 Å². The number of carbonyl (C=O) groups is 3. The van der Waals surface area contributed by atoms with Crippen molar-refractivity contribution in [3.05, 3.63) is 69.8 Å². The molecule has 0 N–H and O–H groups in total. The first-order chi connectivity index (χ1) is 17.4. The van der Waals surface area contributed by atoms with Crippen LogP contribution in [-0.4, -0.2) is 36.0 Å². The predicted molar refractivity (Wildman–Crippen MR) is 132 cm³/mol. The van der Waals surface area contributed by atoms with E-state index in [9.17, 15) is 14.4 Å². The third-order valence-corrected chi connectivity index (χ3v) is 6.90. The van der Waals surface area contributed by atoms with E-state index >= 15 is 4.39 Å². The van der Waals surface area contributed by atoms with Crippen molar-refractivity contribution in [1.82, 2.24) is 4.98 Å². The van der Waals surface area contributed by atoms with Crippen LogP contribution in [0.15, 0.2) is 47.8 Å². The molecule has 1 amide bonds. The number of methoxy groups -OCH3 is 1. The van der Waals surface area contributed by atoms with Crippen LogP contribution in [0.25, 0.3) is 0 Å². The van der Waals surface area contributed by atoms with Gasteiger partial charge >= 0.3 is 11.9 Å². The second-order valence-corrected chi connectivity index (χ2v) is 9.41. The van der Waals surface area contributed by atoms with E-state index < -0.39 is 23.7 Å². The molecule has 1 heterocycles. The number of halogens is 2.